The number of fused-ring (bicyclic) bond motifs is 4. The summed E-state index contributed by atoms with van der Waals surface area (Å²) in [5.41, 5.74) is 36.8. The van der Waals surface area contributed by atoms with Gasteiger partial charge in [0.15, 0.2) is 0 Å². The van der Waals surface area contributed by atoms with E-state index in [0.717, 1.165) is 39.0 Å². The number of benzene rings is 5. The summed E-state index contributed by atoms with van der Waals surface area (Å²) < 4.78 is 2.01. The molecule has 0 saturated heterocycles. The van der Waals surface area contributed by atoms with Gasteiger partial charge in [-0.05, 0) is 42.5 Å². The monoisotopic (exact) mass is 656 g/mol. The van der Waals surface area contributed by atoms with Gasteiger partial charge in [-0.15, -0.1) is 0 Å². The first-order chi connectivity index (χ1) is 24.0. The molecule has 5 aromatic carbocycles. The molecule has 0 radical (unpaired) electrons. The molecule has 10 heteroatoms. The number of hydrogen-bond donors (Lipinski definition) is 5. The molecule has 50 heavy (non-hydrogen) atoms. The number of nitriles is 1. The van der Waals surface area contributed by atoms with Gasteiger partial charge in [-0.2, -0.15) is 0 Å². The molecule has 3 aliphatic rings. The standard InChI is InChI=1S/C40H33N9O/c1-46-26(17-41)32-36(34-28-19(9-6-12-22(28)42)38(47(2)3)20-10-7-13-23(43)29(20)34)40(50)37(32)35-30-21(11-8-14-24(30)44)39-33-27(48(4)18-49(39)5)16-15-25(45)31(33)35/h6-16H,18,42-45H2,2-5H3/p+1/b32-26+. The van der Waals surface area contributed by atoms with Crippen molar-refractivity contribution in [2.45, 2.75) is 0 Å². The predicted molar refractivity (Wildman–Crippen MR) is 204 cm³/mol. The highest BCUT2D eigenvalue weighted by atomic mass is 16.3. The van der Waals surface area contributed by atoms with Gasteiger partial charge >= 0.3 is 0 Å². The van der Waals surface area contributed by atoms with Crippen LogP contribution in [-0.2, 0) is 0 Å². The Morgan fingerprint density at radius 1 is 0.760 bits per heavy atom. The second kappa shape index (κ2) is 10.5. The van der Waals surface area contributed by atoms with Gasteiger partial charge in [0.05, 0.1) is 36.1 Å². The predicted octanol–water partition coefficient (Wildman–Crippen LogP) is 6.07. The zero-order valence-electron chi connectivity index (χ0n) is 28.1. The third kappa shape index (κ3) is 3.79. The van der Waals surface area contributed by atoms with E-state index in [-0.39, 0.29) is 17.0 Å². The molecule has 0 aromatic heterocycles. The van der Waals surface area contributed by atoms with Crippen molar-refractivity contribution in [2.24, 2.45) is 0 Å². The van der Waals surface area contributed by atoms with E-state index < -0.39 is 0 Å². The molecule has 0 spiro atoms. The number of nitrogens with two attached hydrogens (primary N) is 4. The Kier molecular flexibility index (Phi) is 6.42. The van der Waals surface area contributed by atoms with Crippen LogP contribution in [0.4, 0.5) is 34.1 Å². The first kappa shape index (κ1) is 30.4. The minimum atomic E-state index is -0.189. The maximum absolute atomic E-state index is 12.6. The lowest BCUT2D eigenvalue weighted by molar-refractivity contribution is -0.463. The molecule has 5 aromatic rings. The topological polar surface area (TPSA) is 162 Å². The van der Waals surface area contributed by atoms with Gasteiger partial charge < -0.3 is 37.8 Å². The van der Waals surface area contributed by atoms with Crippen molar-refractivity contribution >= 4 is 72.5 Å². The first-order valence-electron chi connectivity index (χ1n) is 16.0. The average molecular weight is 657 g/mol. The molecular weight excluding hydrogens is 623 g/mol. The van der Waals surface area contributed by atoms with Crippen LogP contribution in [0.3, 0.4) is 0 Å². The van der Waals surface area contributed by atoms with Crippen LogP contribution < -0.4 is 32.7 Å². The lowest BCUT2D eigenvalue weighted by atomic mass is 9.68. The molecule has 0 unspecified atom stereocenters. The van der Waals surface area contributed by atoms with Gasteiger partial charge in [0.25, 0.3) is 5.70 Å². The maximum Gasteiger partial charge on any atom is 0.270 e. The molecule has 0 saturated carbocycles. The summed E-state index contributed by atoms with van der Waals surface area (Å²) in [5.74, 6) is -0.106. The first-order valence-corrected chi connectivity index (χ1v) is 16.0. The van der Waals surface area contributed by atoms with E-state index in [9.17, 15) is 10.4 Å². The second-order valence-corrected chi connectivity index (χ2v) is 13.2. The van der Waals surface area contributed by atoms with Crippen molar-refractivity contribution in [3.8, 4) is 6.07 Å². The fraction of sp³-hybridized carbons (Fsp3) is 0.125. The van der Waals surface area contributed by atoms with E-state index in [4.69, 9.17) is 29.5 Å². The molecule has 2 aliphatic carbocycles. The fourth-order valence-electron chi connectivity index (χ4n) is 8.23. The minimum absolute atomic E-state index is 0.106. The average Bonchev–Trinajstić information content (AvgIpc) is 3.07. The lowest BCUT2D eigenvalue weighted by Crippen LogP contribution is -2.36. The van der Waals surface area contributed by atoms with Gasteiger partial charge in [-0.25, -0.2) is 14.7 Å². The van der Waals surface area contributed by atoms with Crippen molar-refractivity contribution < 1.29 is 9.68 Å². The molecule has 9 N–H and O–H groups in total. The van der Waals surface area contributed by atoms with Crippen LogP contribution >= 0.6 is 0 Å². The number of anilines is 6. The van der Waals surface area contributed by atoms with Crippen molar-refractivity contribution in [1.82, 2.24) is 0 Å². The van der Waals surface area contributed by atoms with Crippen molar-refractivity contribution in [3.05, 3.63) is 129 Å². The normalized spacial score (nSPS) is 15.8. The Bertz CT molecular complexity index is 2570. The van der Waals surface area contributed by atoms with Crippen molar-refractivity contribution in [3.63, 3.8) is 0 Å². The number of aliphatic hydroxyl groups excluding tert-OH is 1. The zero-order chi connectivity index (χ0) is 35.3. The highest BCUT2D eigenvalue weighted by Gasteiger charge is 2.43. The molecular formula is C40H34N9O+. The molecule has 1 heterocycles. The second-order valence-electron chi connectivity index (χ2n) is 13.2. The van der Waals surface area contributed by atoms with Crippen LogP contribution in [-0.4, -0.2) is 50.3 Å². The number of nitrogen functional groups attached to an aromatic ring is 4. The van der Waals surface area contributed by atoms with Crippen molar-refractivity contribution in [2.75, 3.05) is 67.6 Å². The highest BCUT2D eigenvalue weighted by Crippen LogP contribution is 2.59. The largest absolute Gasteiger partial charge is 0.507 e. The summed E-state index contributed by atoms with van der Waals surface area (Å²) in [6.07, 6.45) is 0. The van der Waals surface area contributed by atoms with Crippen LogP contribution in [0.5, 0.6) is 0 Å². The van der Waals surface area contributed by atoms with Crippen molar-refractivity contribution in [1.29, 1.82) is 5.26 Å². The SMILES string of the molecule is [C-]#[N+]/C(C#N)=C1\C(=C2c3c(N)cccc3C(=[N+](C)C)c3cccc(N)c32)C(O)=C1c1c2c(N)cccc2c2c3c(ccc(N)c13)N(C)CN2C. The Labute approximate surface area is 289 Å². The third-order valence-electron chi connectivity index (χ3n) is 10.1. The van der Waals surface area contributed by atoms with Crippen LogP contribution in [0.2, 0.25) is 0 Å². The Balaban J connectivity index is 1.62. The summed E-state index contributed by atoms with van der Waals surface area (Å²) >= 11 is 0. The van der Waals surface area contributed by atoms with E-state index in [1.54, 1.807) is 12.1 Å². The van der Waals surface area contributed by atoms with E-state index in [1.807, 2.05) is 87.4 Å². The summed E-state index contributed by atoms with van der Waals surface area (Å²) in [7, 11) is 7.94. The molecule has 0 fully saturated rings. The summed E-state index contributed by atoms with van der Waals surface area (Å²) in [6.45, 7) is 8.81. The minimum Gasteiger partial charge on any atom is -0.507 e. The number of hydrogen-bond acceptors (Lipinski definition) is 8. The summed E-state index contributed by atoms with van der Waals surface area (Å²) in [5, 5.41) is 26.2. The Hall–Kier alpha value is -6.91. The highest BCUT2D eigenvalue weighted by molar-refractivity contribution is 6.30. The van der Waals surface area contributed by atoms with Crippen LogP contribution in [0.1, 0.15) is 27.8 Å². The fourth-order valence-corrected chi connectivity index (χ4v) is 8.23. The van der Waals surface area contributed by atoms with E-state index >= 15 is 0 Å². The summed E-state index contributed by atoms with van der Waals surface area (Å²) in [6, 6.07) is 23.0. The molecule has 8 rings (SSSR count). The van der Waals surface area contributed by atoms with Crippen LogP contribution in [0.25, 0.3) is 37.5 Å². The third-order valence-corrected chi connectivity index (χ3v) is 10.1. The van der Waals surface area contributed by atoms with Crippen LogP contribution in [0.15, 0.2) is 89.3 Å². The zero-order valence-corrected chi connectivity index (χ0v) is 28.1. The molecule has 10 nitrogen and oxygen atoms in total. The molecule has 0 amide bonds. The Morgan fingerprint density at radius 2 is 1.36 bits per heavy atom. The lowest BCUT2D eigenvalue weighted by Gasteiger charge is -2.39. The quantitative estimate of drug-likeness (QED) is 0.0468. The Morgan fingerprint density at radius 3 is 1.96 bits per heavy atom. The van der Waals surface area contributed by atoms with E-state index in [1.165, 1.54) is 0 Å². The van der Waals surface area contributed by atoms with E-state index in [2.05, 4.69) is 20.7 Å². The number of allylic oxidation sites excluding steroid dienone is 3. The van der Waals surface area contributed by atoms with Crippen LogP contribution in [0, 0.1) is 17.9 Å². The maximum atomic E-state index is 12.6. The smallest absolute Gasteiger partial charge is 0.270 e. The number of aliphatic hydroxyl groups is 1. The van der Waals surface area contributed by atoms with E-state index in [0.29, 0.717) is 73.6 Å². The molecule has 1 aliphatic heterocycles. The van der Waals surface area contributed by atoms with Gasteiger partial charge in [0, 0.05) is 103 Å². The molecule has 0 bridgehead atoms. The van der Waals surface area contributed by atoms with Gasteiger partial charge in [-0.3, -0.25) is 0 Å². The van der Waals surface area contributed by atoms with Gasteiger partial charge in [-0.1, -0.05) is 24.3 Å². The summed E-state index contributed by atoms with van der Waals surface area (Å²) in [4.78, 5) is 8.00. The van der Waals surface area contributed by atoms with Gasteiger partial charge in [0.1, 0.15) is 19.9 Å². The molecule has 244 valence electrons. The van der Waals surface area contributed by atoms with Gasteiger partial charge in [0.2, 0.25) is 5.71 Å². The number of nitrogens with zero attached hydrogens (tertiary/aromatic N) is 5. The number of rotatable bonds is 1. The molecule has 0 atom stereocenters.